The molecule has 4 heteroatoms. The largest absolute Gasteiger partial charge is 0.383 e. The lowest BCUT2D eigenvalue weighted by Crippen LogP contribution is -2.58. The zero-order valence-corrected chi connectivity index (χ0v) is 9.25. The van der Waals surface area contributed by atoms with E-state index in [1.54, 1.807) is 7.11 Å². The molecule has 1 saturated heterocycles. The van der Waals surface area contributed by atoms with Crippen molar-refractivity contribution in [2.24, 2.45) is 0 Å². The second-order valence-corrected chi connectivity index (χ2v) is 3.92. The summed E-state index contributed by atoms with van der Waals surface area (Å²) >= 11 is 0. The zero-order valence-electron chi connectivity index (χ0n) is 9.25. The highest BCUT2D eigenvalue weighted by Crippen LogP contribution is 2.20. The first-order chi connectivity index (χ1) is 6.66. The van der Waals surface area contributed by atoms with Gasteiger partial charge in [0.1, 0.15) is 0 Å². The molecule has 0 aromatic rings. The lowest BCUT2D eigenvalue weighted by Gasteiger charge is -2.42. The monoisotopic (exact) mass is 200 g/mol. The third kappa shape index (κ3) is 2.69. The summed E-state index contributed by atoms with van der Waals surface area (Å²) in [7, 11) is 1.63. The van der Waals surface area contributed by atoms with Crippen LogP contribution >= 0.6 is 0 Å². The average molecular weight is 200 g/mol. The summed E-state index contributed by atoms with van der Waals surface area (Å²) < 4.78 is 4.87. The van der Waals surface area contributed by atoms with Gasteiger partial charge in [-0.1, -0.05) is 0 Å². The zero-order chi connectivity index (χ0) is 10.6. The van der Waals surface area contributed by atoms with E-state index in [4.69, 9.17) is 4.74 Å². The molecule has 4 nitrogen and oxygen atoms in total. The van der Waals surface area contributed by atoms with Gasteiger partial charge in [0.05, 0.1) is 12.6 Å². The highest BCUT2D eigenvalue weighted by atomic mass is 16.5. The van der Waals surface area contributed by atoms with E-state index in [-0.39, 0.29) is 11.9 Å². The van der Waals surface area contributed by atoms with Crippen LogP contribution in [0.5, 0.6) is 0 Å². The van der Waals surface area contributed by atoms with E-state index in [2.05, 4.69) is 24.1 Å². The predicted octanol–water partition coefficient (Wildman–Crippen LogP) is 0.232. The van der Waals surface area contributed by atoms with Gasteiger partial charge in [0.25, 0.3) is 0 Å². The van der Waals surface area contributed by atoms with Gasteiger partial charge in [-0.15, -0.1) is 0 Å². The fraction of sp³-hybridized carbons (Fsp3) is 0.900. The van der Waals surface area contributed by atoms with Crippen molar-refractivity contribution in [2.75, 3.05) is 26.8 Å². The van der Waals surface area contributed by atoms with Crippen LogP contribution in [-0.4, -0.2) is 49.7 Å². The smallest absolute Gasteiger partial charge is 0.237 e. The maximum absolute atomic E-state index is 11.6. The Balaban J connectivity index is 2.24. The molecular formula is C10H20N2O2. The number of hydrogen-bond acceptors (Lipinski definition) is 3. The minimum absolute atomic E-state index is 0.0897. The number of hydrogen-bond donors (Lipinski definition) is 1. The quantitative estimate of drug-likeness (QED) is 0.646. The fourth-order valence-electron chi connectivity index (χ4n) is 1.70. The molecule has 0 unspecified atom stereocenters. The van der Waals surface area contributed by atoms with E-state index in [1.807, 2.05) is 0 Å². The van der Waals surface area contributed by atoms with Crippen molar-refractivity contribution in [1.82, 2.24) is 10.2 Å². The van der Waals surface area contributed by atoms with Gasteiger partial charge >= 0.3 is 0 Å². The van der Waals surface area contributed by atoms with Crippen molar-refractivity contribution in [3.63, 3.8) is 0 Å². The Morgan fingerprint density at radius 3 is 2.79 bits per heavy atom. The molecule has 0 aliphatic carbocycles. The van der Waals surface area contributed by atoms with Gasteiger partial charge in [-0.2, -0.15) is 0 Å². The molecule has 0 spiro atoms. The molecule has 0 bridgehead atoms. The number of likely N-dealkylation sites (tertiary alicyclic amines) is 1. The molecule has 1 aliphatic rings. The number of ether oxygens (including phenoxy) is 1. The molecule has 0 radical (unpaired) electrons. The van der Waals surface area contributed by atoms with Crippen molar-refractivity contribution < 1.29 is 9.53 Å². The Labute approximate surface area is 85.6 Å². The molecule has 1 amide bonds. The van der Waals surface area contributed by atoms with E-state index < -0.39 is 0 Å². The Bertz CT molecular complexity index is 195. The second kappa shape index (κ2) is 5.32. The molecule has 0 saturated carbocycles. The van der Waals surface area contributed by atoms with Crippen LogP contribution in [0.2, 0.25) is 0 Å². The lowest BCUT2D eigenvalue weighted by atomic mass is 10.00. The van der Waals surface area contributed by atoms with Crippen LogP contribution in [0.25, 0.3) is 0 Å². The highest BCUT2D eigenvalue weighted by molar-refractivity contribution is 5.82. The molecular weight excluding hydrogens is 180 g/mol. The van der Waals surface area contributed by atoms with Gasteiger partial charge in [-0.05, 0) is 20.3 Å². The van der Waals surface area contributed by atoms with Crippen LogP contribution in [0.3, 0.4) is 0 Å². The molecule has 0 aromatic carbocycles. The van der Waals surface area contributed by atoms with Crippen LogP contribution in [0, 0.1) is 0 Å². The standard InChI is InChI=1S/C10H20N2O2/c1-8(2)12-6-4-9(12)10(13)11-5-7-14-3/h8-9H,4-7H2,1-3H3,(H,11,13)/t9-/m0/s1. The highest BCUT2D eigenvalue weighted by Gasteiger charge is 2.35. The summed E-state index contributed by atoms with van der Waals surface area (Å²) in [6, 6.07) is 0.550. The SMILES string of the molecule is COCCNC(=O)[C@@H]1CCN1C(C)C. The maximum Gasteiger partial charge on any atom is 0.237 e. The Morgan fingerprint density at radius 1 is 1.64 bits per heavy atom. The molecule has 1 N–H and O–H groups in total. The fourth-order valence-corrected chi connectivity index (χ4v) is 1.70. The number of methoxy groups -OCH3 is 1. The number of nitrogens with one attached hydrogen (secondary N) is 1. The van der Waals surface area contributed by atoms with Gasteiger partial charge in [0.2, 0.25) is 5.91 Å². The van der Waals surface area contributed by atoms with E-state index in [0.29, 0.717) is 19.2 Å². The van der Waals surface area contributed by atoms with Crippen molar-refractivity contribution in [2.45, 2.75) is 32.4 Å². The average Bonchev–Trinajstić information content (AvgIpc) is 2.01. The van der Waals surface area contributed by atoms with E-state index >= 15 is 0 Å². The molecule has 1 aliphatic heterocycles. The van der Waals surface area contributed by atoms with Gasteiger partial charge in [-0.3, -0.25) is 9.69 Å². The first-order valence-electron chi connectivity index (χ1n) is 5.19. The van der Waals surface area contributed by atoms with Crippen molar-refractivity contribution >= 4 is 5.91 Å². The van der Waals surface area contributed by atoms with Crippen molar-refractivity contribution in [3.05, 3.63) is 0 Å². The van der Waals surface area contributed by atoms with Gasteiger partial charge < -0.3 is 10.1 Å². The van der Waals surface area contributed by atoms with Gasteiger partial charge in [-0.25, -0.2) is 0 Å². The maximum atomic E-state index is 11.6. The first-order valence-corrected chi connectivity index (χ1v) is 5.19. The topological polar surface area (TPSA) is 41.6 Å². The third-order valence-electron chi connectivity index (χ3n) is 2.63. The molecule has 1 atom stereocenters. The summed E-state index contributed by atoms with van der Waals surface area (Å²) in [5.41, 5.74) is 0. The molecule has 1 heterocycles. The second-order valence-electron chi connectivity index (χ2n) is 3.92. The minimum atomic E-state index is 0.0897. The van der Waals surface area contributed by atoms with Crippen LogP contribution in [0.4, 0.5) is 0 Å². The van der Waals surface area contributed by atoms with Crippen LogP contribution < -0.4 is 5.32 Å². The minimum Gasteiger partial charge on any atom is -0.383 e. The molecule has 1 fully saturated rings. The summed E-state index contributed by atoms with van der Waals surface area (Å²) in [6.07, 6.45) is 0.983. The van der Waals surface area contributed by atoms with Crippen molar-refractivity contribution in [1.29, 1.82) is 0 Å². The molecule has 0 aromatic heterocycles. The van der Waals surface area contributed by atoms with Crippen molar-refractivity contribution in [3.8, 4) is 0 Å². The molecule has 14 heavy (non-hydrogen) atoms. The van der Waals surface area contributed by atoms with Crippen LogP contribution in [0.1, 0.15) is 20.3 Å². The summed E-state index contributed by atoms with van der Waals surface area (Å²) in [4.78, 5) is 13.8. The van der Waals surface area contributed by atoms with Crippen LogP contribution in [-0.2, 0) is 9.53 Å². The number of rotatable bonds is 5. The third-order valence-corrected chi connectivity index (χ3v) is 2.63. The number of nitrogens with zero attached hydrogens (tertiary/aromatic N) is 1. The molecule has 82 valence electrons. The van der Waals surface area contributed by atoms with Crippen LogP contribution in [0.15, 0.2) is 0 Å². The summed E-state index contributed by atoms with van der Waals surface area (Å²) in [6.45, 7) is 6.47. The van der Waals surface area contributed by atoms with E-state index in [0.717, 1.165) is 13.0 Å². The van der Waals surface area contributed by atoms with Gasteiger partial charge in [0, 0.05) is 26.2 Å². The predicted molar refractivity (Wildman–Crippen MR) is 55.1 cm³/mol. The number of carbonyl (C=O) groups is 1. The number of carbonyl (C=O) groups excluding carboxylic acids is 1. The lowest BCUT2D eigenvalue weighted by molar-refractivity contribution is -0.132. The normalized spacial score (nSPS) is 22.1. The van der Waals surface area contributed by atoms with E-state index in [9.17, 15) is 4.79 Å². The van der Waals surface area contributed by atoms with E-state index in [1.165, 1.54) is 0 Å². The summed E-state index contributed by atoms with van der Waals surface area (Å²) in [5.74, 6) is 0.141. The first kappa shape index (κ1) is 11.5. The summed E-state index contributed by atoms with van der Waals surface area (Å²) in [5, 5.41) is 2.86. The Kier molecular flexibility index (Phi) is 4.35. The molecule has 1 rings (SSSR count). The number of amides is 1. The Hall–Kier alpha value is -0.610. The van der Waals surface area contributed by atoms with Gasteiger partial charge in [0.15, 0.2) is 0 Å². The Morgan fingerprint density at radius 2 is 2.36 bits per heavy atom.